The fourth-order valence-corrected chi connectivity index (χ4v) is 0.645. The second kappa shape index (κ2) is 4.80. The van der Waals surface area contributed by atoms with Crippen molar-refractivity contribution in [2.45, 2.75) is 25.8 Å². The van der Waals surface area contributed by atoms with E-state index in [0.717, 1.165) is 6.42 Å². The number of nitrogens with zero attached hydrogens (tertiary/aromatic N) is 1. The van der Waals surface area contributed by atoms with Gasteiger partial charge in [0.05, 0.1) is 7.11 Å². The summed E-state index contributed by atoms with van der Waals surface area (Å²) in [7, 11) is 1.30. The first-order valence-corrected chi connectivity index (χ1v) is 3.20. The predicted octanol–water partition coefficient (Wildman–Crippen LogP) is 1.25. The summed E-state index contributed by atoms with van der Waals surface area (Å²) in [6.07, 6.45) is 1.43. The number of carbonyl (C=O) groups excluding carboxylic acids is 1. The fourth-order valence-electron chi connectivity index (χ4n) is 0.645. The molecule has 10 heavy (non-hydrogen) atoms. The molecule has 56 valence electrons. The lowest BCUT2D eigenvalue weighted by Crippen LogP contribution is -2.17. The molecule has 0 saturated heterocycles. The molecular weight excluding hydrogens is 130 g/mol. The average Bonchev–Trinajstić information content (AvgIpc) is 1.99. The molecule has 0 bridgehead atoms. The molecule has 0 aromatic heterocycles. The quantitative estimate of drug-likeness (QED) is 0.437. The van der Waals surface area contributed by atoms with Crippen LogP contribution >= 0.6 is 0 Å². The molecule has 1 atom stereocenters. The largest absolute Gasteiger partial charge is 0.463 e. The van der Waals surface area contributed by atoms with Crippen molar-refractivity contribution in [3.8, 4) is 0 Å². The molecule has 0 heterocycles. The van der Waals surface area contributed by atoms with Gasteiger partial charge in [0.15, 0.2) is 0 Å². The van der Waals surface area contributed by atoms with E-state index in [9.17, 15) is 4.79 Å². The maximum absolute atomic E-state index is 10.7. The Balaban J connectivity index is 3.84. The van der Waals surface area contributed by atoms with E-state index in [2.05, 4.69) is 9.58 Å². The maximum atomic E-state index is 10.7. The second-order valence-electron chi connectivity index (χ2n) is 1.96. The Morgan fingerprint density at radius 2 is 2.40 bits per heavy atom. The number of rotatable bonds is 3. The van der Waals surface area contributed by atoms with Gasteiger partial charge in [0.25, 0.3) is 0 Å². The number of carbonyl (C=O) groups is 1. The number of ether oxygens (including phenoxy) is 1. The molecule has 0 aliphatic rings. The maximum Gasteiger partial charge on any atom is 0.389 e. The summed E-state index contributed by atoms with van der Waals surface area (Å²) < 4.78 is 4.40. The summed E-state index contributed by atoms with van der Waals surface area (Å²) in [5.74, 6) is -0.420. The van der Waals surface area contributed by atoms with Crippen molar-refractivity contribution in [2.75, 3.05) is 7.11 Å². The third-order valence-electron chi connectivity index (χ3n) is 1.19. The van der Waals surface area contributed by atoms with Crippen molar-refractivity contribution >= 4 is 5.97 Å². The van der Waals surface area contributed by atoms with Gasteiger partial charge < -0.3 is 9.58 Å². The molecule has 0 amide bonds. The zero-order valence-electron chi connectivity index (χ0n) is 6.26. The average molecular weight is 141 g/mol. The third kappa shape index (κ3) is 2.49. The van der Waals surface area contributed by atoms with Gasteiger partial charge in [-0.1, -0.05) is 6.92 Å². The van der Waals surface area contributed by atoms with Gasteiger partial charge in [0.2, 0.25) is 0 Å². The van der Waals surface area contributed by atoms with Gasteiger partial charge in [-0.15, -0.1) is 0 Å². The summed E-state index contributed by atoms with van der Waals surface area (Å²) in [6.45, 7) is 8.55. The zero-order chi connectivity index (χ0) is 7.98. The first-order chi connectivity index (χ1) is 4.76. The Morgan fingerprint density at radius 1 is 1.80 bits per heavy atom. The topological polar surface area (TPSA) is 30.7 Å². The van der Waals surface area contributed by atoms with E-state index in [-0.39, 0.29) is 0 Å². The molecule has 0 spiro atoms. The highest BCUT2D eigenvalue weighted by atomic mass is 16.5. The van der Waals surface area contributed by atoms with Crippen LogP contribution in [0.25, 0.3) is 4.85 Å². The van der Waals surface area contributed by atoms with Gasteiger partial charge in [0.1, 0.15) is 0 Å². The summed E-state index contributed by atoms with van der Waals surface area (Å²) in [5.41, 5.74) is 0. The summed E-state index contributed by atoms with van der Waals surface area (Å²) in [4.78, 5) is 13.8. The first kappa shape index (κ1) is 8.96. The molecule has 0 aromatic rings. The number of hydrogen-bond donors (Lipinski definition) is 0. The van der Waals surface area contributed by atoms with Crippen LogP contribution in [0.5, 0.6) is 0 Å². The standard InChI is InChI=1S/C7H11NO2/c1-4-5-6(8-2)7(9)10-3/h6H,4-5H2,1,3H3/t6-/m1/s1. The van der Waals surface area contributed by atoms with Crippen molar-refractivity contribution in [3.63, 3.8) is 0 Å². The van der Waals surface area contributed by atoms with Crippen LogP contribution in [0.2, 0.25) is 0 Å². The minimum atomic E-state index is -0.588. The minimum absolute atomic E-state index is 0.420. The zero-order valence-corrected chi connectivity index (χ0v) is 6.26. The Morgan fingerprint density at radius 3 is 2.70 bits per heavy atom. The SMILES string of the molecule is [C-]#[N+][C@H](CCC)C(=O)OC. The normalized spacial score (nSPS) is 11.7. The Hall–Kier alpha value is -1.04. The van der Waals surface area contributed by atoms with Gasteiger partial charge in [-0.3, -0.25) is 0 Å². The summed E-state index contributed by atoms with van der Waals surface area (Å²) in [5, 5.41) is 0. The number of esters is 1. The Bertz CT molecular complexity index is 148. The molecule has 0 unspecified atom stereocenters. The Labute approximate surface area is 60.8 Å². The fraction of sp³-hybridized carbons (Fsp3) is 0.714. The van der Waals surface area contributed by atoms with E-state index >= 15 is 0 Å². The molecule has 3 heteroatoms. The van der Waals surface area contributed by atoms with E-state index < -0.39 is 12.0 Å². The third-order valence-corrected chi connectivity index (χ3v) is 1.19. The lowest BCUT2D eigenvalue weighted by molar-refractivity contribution is -0.141. The summed E-state index contributed by atoms with van der Waals surface area (Å²) in [6, 6.07) is -0.588. The second-order valence-corrected chi connectivity index (χ2v) is 1.96. The van der Waals surface area contributed by atoms with E-state index in [4.69, 9.17) is 6.57 Å². The monoisotopic (exact) mass is 141 g/mol. The van der Waals surface area contributed by atoms with E-state index in [0.29, 0.717) is 6.42 Å². The van der Waals surface area contributed by atoms with Crippen LogP contribution in [-0.2, 0) is 9.53 Å². The van der Waals surface area contributed by atoms with Gasteiger partial charge in [0, 0.05) is 6.42 Å². The van der Waals surface area contributed by atoms with Crippen LogP contribution in [0.15, 0.2) is 0 Å². The van der Waals surface area contributed by atoms with Crippen LogP contribution in [0, 0.1) is 6.57 Å². The molecule has 0 aliphatic heterocycles. The highest BCUT2D eigenvalue weighted by Gasteiger charge is 2.22. The van der Waals surface area contributed by atoms with Crippen LogP contribution < -0.4 is 0 Å². The summed E-state index contributed by atoms with van der Waals surface area (Å²) >= 11 is 0. The molecule has 0 aliphatic carbocycles. The molecule has 0 saturated carbocycles. The molecule has 0 N–H and O–H groups in total. The van der Waals surface area contributed by atoms with Crippen LogP contribution in [0.4, 0.5) is 0 Å². The lowest BCUT2D eigenvalue weighted by atomic mass is 10.2. The van der Waals surface area contributed by atoms with E-state index in [1.807, 2.05) is 6.92 Å². The van der Waals surface area contributed by atoms with Crippen LogP contribution in [0.3, 0.4) is 0 Å². The van der Waals surface area contributed by atoms with Crippen molar-refractivity contribution in [1.29, 1.82) is 0 Å². The molecule has 3 nitrogen and oxygen atoms in total. The highest BCUT2D eigenvalue weighted by molar-refractivity contribution is 5.77. The first-order valence-electron chi connectivity index (χ1n) is 3.20. The Kier molecular flexibility index (Phi) is 4.30. The highest BCUT2D eigenvalue weighted by Crippen LogP contribution is 2.02. The number of methoxy groups -OCH3 is 1. The van der Waals surface area contributed by atoms with Crippen molar-refractivity contribution < 1.29 is 9.53 Å². The van der Waals surface area contributed by atoms with Crippen molar-refractivity contribution in [3.05, 3.63) is 11.4 Å². The van der Waals surface area contributed by atoms with Crippen molar-refractivity contribution in [1.82, 2.24) is 0 Å². The molecule has 0 fully saturated rings. The molecule has 0 radical (unpaired) electrons. The predicted molar refractivity (Wildman–Crippen MR) is 37.3 cm³/mol. The van der Waals surface area contributed by atoms with Gasteiger partial charge >= 0.3 is 12.0 Å². The minimum Gasteiger partial charge on any atom is -0.463 e. The van der Waals surface area contributed by atoms with E-state index in [1.165, 1.54) is 7.11 Å². The molecule has 0 aromatic carbocycles. The lowest BCUT2D eigenvalue weighted by Gasteiger charge is -1.99. The molecular formula is C7H11NO2. The van der Waals surface area contributed by atoms with Crippen LogP contribution in [0.1, 0.15) is 19.8 Å². The smallest absolute Gasteiger partial charge is 0.389 e. The van der Waals surface area contributed by atoms with Gasteiger partial charge in [-0.2, -0.15) is 0 Å². The van der Waals surface area contributed by atoms with Gasteiger partial charge in [-0.05, 0) is 6.42 Å². The van der Waals surface area contributed by atoms with E-state index in [1.54, 1.807) is 0 Å². The number of hydrogen-bond acceptors (Lipinski definition) is 2. The van der Waals surface area contributed by atoms with Crippen molar-refractivity contribution in [2.24, 2.45) is 0 Å². The molecule has 0 rings (SSSR count). The van der Waals surface area contributed by atoms with Crippen LogP contribution in [-0.4, -0.2) is 19.1 Å². The van der Waals surface area contributed by atoms with Gasteiger partial charge in [-0.25, -0.2) is 11.4 Å².